The Morgan fingerprint density at radius 2 is 1.35 bits per heavy atom. The van der Waals surface area contributed by atoms with Crippen molar-refractivity contribution in [2.45, 2.75) is 80.1 Å². The van der Waals surface area contributed by atoms with Gasteiger partial charge >= 0.3 is 0 Å². The van der Waals surface area contributed by atoms with Gasteiger partial charge in [-0.1, -0.05) is 77.4 Å². The second-order valence-corrected chi connectivity index (χ2v) is 10.9. The van der Waals surface area contributed by atoms with Gasteiger partial charge in [0.25, 0.3) is 0 Å². The molecule has 2 aromatic carbocycles. The predicted octanol–water partition coefficient (Wildman–Crippen LogP) is 4.23. The number of nitrogens with one attached hydrogen (secondary N) is 1. The lowest BCUT2D eigenvalue weighted by molar-refractivity contribution is -0.777. The average Bonchev–Trinajstić information content (AvgIpc) is 3.15. The third-order valence-electron chi connectivity index (χ3n) is 7.16. The molecule has 0 amide bonds. The van der Waals surface area contributed by atoms with Crippen LogP contribution in [-0.2, 0) is 0 Å². The summed E-state index contributed by atoms with van der Waals surface area (Å²) in [6.07, 6.45) is 9.24. The number of nitrogens with zero attached hydrogens (tertiary/aromatic N) is 1. The monoisotopic (exact) mass is 476 g/mol. The maximum Gasteiger partial charge on any atom is 0.166 e. The molecule has 0 bridgehead atoms. The molecule has 0 saturated heterocycles. The van der Waals surface area contributed by atoms with E-state index in [1.807, 2.05) is 0 Å². The molecule has 1 N–H and O–H groups in total. The van der Waals surface area contributed by atoms with E-state index in [4.69, 9.17) is 0 Å². The van der Waals surface area contributed by atoms with Gasteiger partial charge < -0.3 is 12.4 Å². The quantitative estimate of drug-likeness (QED) is 0.678. The van der Waals surface area contributed by atoms with Crippen molar-refractivity contribution in [2.75, 3.05) is 6.67 Å². The number of rotatable bonds is 5. The molecule has 1 unspecified atom stereocenters. The summed E-state index contributed by atoms with van der Waals surface area (Å²) in [5.41, 5.74) is 14.0. The maximum absolute atomic E-state index is 2.54. The summed E-state index contributed by atoms with van der Waals surface area (Å²) in [7, 11) is 0. The summed E-state index contributed by atoms with van der Waals surface area (Å²) in [5, 5.41) is 0. The Kier molecular flexibility index (Phi) is 7.85. The Bertz CT molecular complexity index is 1110. The summed E-state index contributed by atoms with van der Waals surface area (Å²) in [6, 6.07) is 9.56. The van der Waals surface area contributed by atoms with Crippen LogP contribution >= 0.6 is 0 Å². The van der Waals surface area contributed by atoms with Gasteiger partial charge in [0.05, 0.1) is 5.70 Å². The standard InChI is InChI=1S/C31H40N2.ClH/c1-19(2)25-15-27(20(3)4)30(28(16-25)21(5)6)29-12-10-11-26-17-32(18-33(26)29)31-23(8)13-22(7)14-24(31)9;/h10-17,19-21H,18H2,1-9H3;1H. The number of aryl methyl sites for hydroxylation is 3. The van der Waals surface area contributed by atoms with Crippen molar-refractivity contribution in [3.63, 3.8) is 0 Å². The molecule has 3 heteroatoms. The molecule has 4 rings (SSSR count). The molecular formula is C31H41ClN2. The molecule has 2 aliphatic heterocycles. The van der Waals surface area contributed by atoms with Gasteiger partial charge in [-0.05, 0) is 67.4 Å². The molecule has 182 valence electrons. The van der Waals surface area contributed by atoms with Gasteiger partial charge in [0.2, 0.25) is 0 Å². The maximum atomic E-state index is 2.54. The molecule has 2 heterocycles. The summed E-state index contributed by atoms with van der Waals surface area (Å²) in [5.74, 6) is 1.48. The lowest BCUT2D eigenvalue weighted by atomic mass is 9.82. The Morgan fingerprint density at radius 1 is 0.794 bits per heavy atom. The summed E-state index contributed by atoms with van der Waals surface area (Å²) >= 11 is 0. The van der Waals surface area contributed by atoms with Crippen molar-refractivity contribution in [1.82, 2.24) is 4.90 Å². The third-order valence-corrected chi connectivity index (χ3v) is 7.16. The van der Waals surface area contributed by atoms with Crippen LogP contribution in [0.2, 0.25) is 0 Å². The molecular weight excluding hydrogens is 436 g/mol. The van der Waals surface area contributed by atoms with Gasteiger partial charge in [-0.2, -0.15) is 0 Å². The molecule has 0 aliphatic carbocycles. The van der Waals surface area contributed by atoms with Crippen molar-refractivity contribution >= 4 is 11.4 Å². The molecule has 0 fully saturated rings. The van der Waals surface area contributed by atoms with Crippen LogP contribution < -0.4 is 17.3 Å². The number of fused-ring (bicyclic) bond motifs is 1. The van der Waals surface area contributed by atoms with Crippen LogP contribution in [0.25, 0.3) is 5.70 Å². The van der Waals surface area contributed by atoms with Gasteiger partial charge in [0.1, 0.15) is 17.6 Å². The Morgan fingerprint density at radius 3 is 1.85 bits per heavy atom. The minimum atomic E-state index is 0. The van der Waals surface area contributed by atoms with Crippen LogP contribution in [0.5, 0.6) is 0 Å². The predicted molar refractivity (Wildman–Crippen MR) is 142 cm³/mol. The summed E-state index contributed by atoms with van der Waals surface area (Å²) in [4.78, 5) is 3.96. The highest BCUT2D eigenvalue weighted by molar-refractivity contribution is 5.76. The van der Waals surface area contributed by atoms with Crippen LogP contribution in [0.15, 0.2) is 54.4 Å². The molecule has 34 heavy (non-hydrogen) atoms. The van der Waals surface area contributed by atoms with E-state index in [1.54, 1.807) is 0 Å². The van der Waals surface area contributed by atoms with E-state index in [-0.39, 0.29) is 12.4 Å². The minimum Gasteiger partial charge on any atom is -1.00 e. The minimum absolute atomic E-state index is 0. The summed E-state index contributed by atoms with van der Waals surface area (Å²) < 4.78 is 0. The molecule has 2 aromatic rings. The van der Waals surface area contributed by atoms with Crippen LogP contribution in [-0.4, -0.2) is 11.6 Å². The number of halogens is 1. The third kappa shape index (κ3) is 4.76. The van der Waals surface area contributed by atoms with E-state index in [0.29, 0.717) is 17.8 Å². The molecule has 0 spiro atoms. The molecule has 1 atom stereocenters. The molecule has 0 saturated carbocycles. The Hall–Kier alpha value is -2.29. The van der Waals surface area contributed by atoms with Gasteiger partial charge in [-0.3, -0.25) is 9.80 Å². The zero-order chi connectivity index (χ0) is 24.0. The van der Waals surface area contributed by atoms with Crippen molar-refractivity contribution in [2.24, 2.45) is 0 Å². The van der Waals surface area contributed by atoms with Crippen molar-refractivity contribution in [3.05, 3.63) is 93.3 Å². The van der Waals surface area contributed by atoms with E-state index >= 15 is 0 Å². The van der Waals surface area contributed by atoms with Gasteiger partial charge in [0, 0.05) is 16.7 Å². The van der Waals surface area contributed by atoms with Gasteiger partial charge in [-0.15, -0.1) is 0 Å². The van der Waals surface area contributed by atoms with Crippen LogP contribution in [0.4, 0.5) is 5.69 Å². The highest BCUT2D eigenvalue weighted by atomic mass is 35.5. The highest BCUT2D eigenvalue weighted by Gasteiger charge is 2.34. The normalized spacial score (nSPS) is 17.3. The molecule has 0 aromatic heterocycles. The van der Waals surface area contributed by atoms with E-state index < -0.39 is 0 Å². The first kappa shape index (κ1) is 26.3. The molecule has 2 aliphatic rings. The van der Waals surface area contributed by atoms with E-state index in [9.17, 15) is 0 Å². The molecule has 2 nitrogen and oxygen atoms in total. The van der Waals surface area contributed by atoms with Gasteiger partial charge in [0.15, 0.2) is 6.67 Å². The smallest absolute Gasteiger partial charge is 0.166 e. The lowest BCUT2D eigenvalue weighted by Gasteiger charge is -2.31. The van der Waals surface area contributed by atoms with E-state index in [1.165, 1.54) is 60.9 Å². The largest absolute Gasteiger partial charge is 1.00 e. The van der Waals surface area contributed by atoms with Crippen LogP contribution in [0, 0.1) is 20.8 Å². The highest BCUT2D eigenvalue weighted by Crippen LogP contribution is 2.40. The van der Waals surface area contributed by atoms with Gasteiger partial charge in [-0.25, -0.2) is 0 Å². The Balaban J connectivity index is 0.00000324. The Labute approximate surface area is 213 Å². The van der Waals surface area contributed by atoms with Crippen LogP contribution in [0.1, 0.15) is 98.2 Å². The van der Waals surface area contributed by atoms with Crippen molar-refractivity contribution in [3.8, 4) is 0 Å². The number of quaternary nitrogens is 1. The zero-order valence-electron chi connectivity index (χ0n) is 22.4. The zero-order valence-corrected chi connectivity index (χ0v) is 23.1. The fourth-order valence-corrected chi connectivity index (χ4v) is 5.56. The van der Waals surface area contributed by atoms with E-state index in [0.717, 1.165) is 6.67 Å². The second kappa shape index (κ2) is 10.1. The average molecular weight is 477 g/mol. The first-order chi connectivity index (χ1) is 15.6. The van der Waals surface area contributed by atoms with Crippen LogP contribution in [0.3, 0.4) is 0 Å². The van der Waals surface area contributed by atoms with Crippen molar-refractivity contribution < 1.29 is 17.3 Å². The lowest BCUT2D eigenvalue weighted by Crippen LogP contribution is -3.02. The second-order valence-electron chi connectivity index (χ2n) is 10.9. The molecule has 0 radical (unpaired) electrons. The SMILES string of the molecule is Cc1cc(C)c([NH+]2C=C3C=CC=C(c4c(C(C)C)cc(C(C)C)cc4C(C)C)N3C2)c(C)c1.[Cl-]. The fourth-order valence-electron chi connectivity index (χ4n) is 5.56. The first-order valence-electron chi connectivity index (χ1n) is 12.6. The van der Waals surface area contributed by atoms with E-state index in [2.05, 4.69) is 116 Å². The fraction of sp³-hybridized carbons (Fsp3) is 0.419. The summed E-state index contributed by atoms with van der Waals surface area (Å²) in [6.45, 7) is 21.6. The number of hydrogen-bond donors (Lipinski definition) is 1. The number of hydrogen-bond acceptors (Lipinski definition) is 1. The number of benzene rings is 2. The topological polar surface area (TPSA) is 7.68 Å². The number of allylic oxidation sites excluding steroid dienone is 3. The van der Waals surface area contributed by atoms with Crippen molar-refractivity contribution in [1.29, 1.82) is 0 Å². The first-order valence-corrected chi connectivity index (χ1v) is 12.6.